The molecule has 0 radical (unpaired) electrons. The second-order valence-electron chi connectivity index (χ2n) is 4.25. The van der Waals surface area contributed by atoms with Gasteiger partial charge in [0.25, 0.3) is 5.41 Å². The van der Waals surface area contributed by atoms with Crippen molar-refractivity contribution >= 4 is 5.97 Å². The molecule has 0 unspecified atom stereocenters. The van der Waals surface area contributed by atoms with Gasteiger partial charge >= 0.3 is 18.3 Å². The summed E-state index contributed by atoms with van der Waals surface area (Å²) in [4.78, 5) is 11.2. The van der Waals surface area contributed by atoms with Gasteiger partial charge in [0, 0.05) is 0 Å². The fourth-order valence-electron chi connectivity index (χ4n) is 1.30. The SMILES string of the molecule is CCC(C(=O)OCC(C)C)(C(F)(F)F)C(F)(F)F. The molecule has 0 aromatic rings. The number of hydrogen-bond acceptors (Lipinski definition) is 2. The van der Waals surface area contributed by atoms with Gasteiger partial charge < -0.3 is 4.74 Å². The second-order valence-corrected chi connectivity index (χ2v) is 4.25. The Balaban J connectivity index is 5.41. The molecule has 0 aliphatic carbocycles. The predicted octanol–water partition coefficient (Wildman–Crippen LogP) is 3.71. The van der Waals surface area contributed by atoms with Crippen molar-refractivity contribution in [1.29, 1.82) is 0 Å². The summed E-state index contributed by atoms with van der Waals surface area (Å²) in [6.07, 6.45) is -12.9. The van der Waals surface area contributed by atoms with E-state index >= 15 is 0 Å². The van der Waals surface area contributed by atoms with Crippen LogP contribution in [0.4, 0.5) is 26.3 Å². The normalized spacial score (nSPS) is 13.9. The monoisotopic (exact) mass is 280 g/mol. The number of hydrogen-bond donors (Lipinski definition) is 0. The molecule has 0 spiro atoms. The van der Waals surface area contributed by atoms with Crippen LogP contribution in [0.15, 0.2) is 0 Å². The number of carbonyl (C=O) groups is 1. The molecule has 0 atom stereocenters. The van der Waals surface area contributed by atoms with Gasteiger partial charge in [0.1, 0.15) is 0 Å². The molecule has 0 aromatic carbocycles. The Morgan fingerprint density at radius 3 is 1.67 bits per heavy atom. The van der Waals surface area contributed by atoms with Gasteiger partial charge in [0.2, 0.25) is 0 Å². The summed E-state index contributed by atoms with van der Waals surface area (Å²) >= 11 is 0. The molecular weight excluding hydrogens is 266 g/mol. The van der Waals surface area contributed by atoms with Crippen LogP contribution in [0, 0.1) is 11.3 Å². The lowest BCUT2D eigenvalue weighted by atomic mass is 9.83. The average Bonchev–Trinajstić information content (AvgIpc) is 2.11. The van der Waals surface area contributed by atoms with Crippen molar-refractivity contribution in [2.24, 2.45) is 11.3 Å². The van der Waals surface area contributed by atoms with Crippen molar-refractivity contribution in [1.82, 2.24) is 0 Å². The van der Waals surface area contributed by atoms with Gasteiger partial charge in [0.15, 0.2) is 0 Å². The lowest BCUT2D eigenvalue weighted by Gasteiger charge is -2.34. The minimum atomic E-state index is -5.74. The second kappa shape index (κ2) is 5.36. The summed E-state index contributed by atoms with van der Waals surface area (Å²) in [7, 11) is 0. The maximum atomic E-state index is 12.6. The third-order valence-corrected chi connectivity index (χ3v) is 2.39. The quantitative estimate of drug-likeness (QED) is 0.579. The van der Waals surface area contributed by atoms with Crippen molar-refractivity contribution in [3.8, 4) is 0 Å². The number of rotatable bonds is 4. The van der Waals surface area contributed by atoms with Gasteiger partial charge in [-0.25, -0.2) is 0 Å². The van der Waals surface area contributed by atoms with Crippen molar-refractivity contribution in [2.75, 3.05) is 6.61 Å². The van der Waals surface area contributed by atoms with E-state index in [1.165, 1.54) is 13.8 Å². The first-order valence-electron chi connectivity index (χ1n) is 5.20. The van der Waals surface area contributed by atoms with E-state index in [0.717, 1.165) is 0 Å². The molecule has 2 nitrogen and oxygen atoms in total. The molecule has 0 aromatic heterocycles. The number of ether oxygens (including phenoxy) is 1. The highest BCUT2D eigenvalue weighted by molar-refractivity contribution is 5.79. The molecule has 0 amide bonds. The standard InChI is InChI=1S/C10H14F6O2/c1-4-8(9(11,12)13,10(14,15)16)7(17)18-5-6(2)3/h6H,4-5H2,1-3H3. The number of carbonyl (C=O) groups excluding carboxylic acids is 1. The minimum Gasteiger partial charge on any atom is -0.464 e. The summed E-state index contributed by atoms with van der Waals surface area (Å²) in [6, 6.07) is 0. The fraction of sp³-hybridized carbons (Fsp3) is 0.900. The molecule has 0 fully saturated rings. The van der Waals surface area contributed by atoms with Gasteiger partial charge in [-0.3, -0.25) is 4.79 Å². The van der Waals surface area contributed by atoms with Crippen LogP contribution < -0.4 is 0 Å². The molecule has 0 heterocycles. The maximum absolute atomic E-state index is 12.6. The highest BCUT2D eigenvalue weighted by atomic mass is 19.4. The zero-order valence-electron chi connectivity index (χ0n) is 10.1. The van der Waals surface area contributed by atoms with Gasteiger partial charge in [-0.2, -0.15) is 26.3 Å². The van der Waals surface area contributed by atoms with Crippen LogP contribution in [0.25, 0.3) is 0 Å². The largest absolute Gasteiger partial charge is 0.464 e. The van der Waals surface area contributed by atoms with Gasteiger partial charge in [-0.1, -0.05) is 20.8 Å². The highest BCUT2D eigenvalue weighted by Gasteiger charge is 2.75. The first-order chi connectivity index (χ1) is 7.90. The Morgan fingerprint density at radius 1 is 1.06 bits per heavy atom. The Hall–Kier alpha value is -0.950. The van der Waals surface area contributed by atoms with E-state index in [-0.39, 0.29) is 5.92 Å². The van der Waals surface area contributed by atoms with Crippen LogP contribution >= 0.6 is 0 Å². The fourth-order valence-corrected chi connectivity index (χ4v) is 1.30. The lowest BCUT2D eigenvalue weighted by molar-refractivity contribution is -0.333. The Labute approximate surface area is 100 Å². The van der Waals surface area contributed by atoms with E-state index in [0.29, 0.717) is 6.92 Å². The van der Waals surface area contributed by atoms with Gasteiger partial charge in [-0.15, -0.1) is 0 Å². The Kier molecular flexibility index (Phi) is 5.07. The highest BCUT2D eigenvalue weighted by Crippen LogP contribution is 2.53. The van der Waals surface area contributed by atoms with Crippen molar-refractivity contribution in [3.05, 3.63) is 0 Å². The van der Waals surface area contributed by atoms with Crippen molar-refractivity contribution in [3.63, 3.8) is 0 Å². The molecular formula is C10H14F6O2. The zero-order chi connectivity index (χ0) is 14.8. The van der Waals surface area contributed by atoms with Crippen LogP contribution in [0.1, 0.15) is 27.2 Å². The lowest BCUT2D eigenvalue weighted by Crippen LogP contribution is -2.56. The van der Waals surface area contributed by atoms with Crippen LogP contribution in [0.5, 0.6) is 0 Å². The molecule has 108 valence electrons. The summed E-state index contributed by atoms with van der Waals surface area (Å²) in [5.74, 6) is -2.65. The smallest absolute Gasteiger partial charge is 0.413 e. The molecule has 0 N–H and O–H groups in total. The minimum absolute atomic E-state index is 0.357. The number of esters is 1. The Bertz CT molecular complexity index is 278. The van der Waals surface area contributed by atoms with E-state index in [2.05, 4.69) is 4.74 Å². The molecule has 0 saturated carbocycles. The molecule has 18 heavy (non-hydrogen) atoms. The van der Waals surface area contributed by atoms with Crippen LogP contribution in [0.2, 0.25) is 0 Å². The summed E-state index contributed by atoms with van der Waals surface area (Å²) in [6.45, 7) is 3.16. The Morgan fingerprint density at radius 2 is 1.44 bits per heavy atom. The predicted molar refractivity (Wildman–Crippen MR) is 50.6 cm³/mol. The topological polar surface area (TPSA) is 26.3 Å². The molecule has 0 rings (SSSR count). The number of halogens is 6. The van der Waals surface area contributed by atoms with Gasteiger partial charge in [-0.05, 0) is 12.3 Å². The van der Waals surface area contributed by atoms with Crippen LogP contribution in [0.3, 0.4) is 0 Å². The van der Waals surface area contributed by atoms with Crippen LogP contribution in [-0.2, 0) is 9.53 Å². The molecule has 0 bridgehead atoms. The maximum Gasteiger partial charge on any atom is 0.413 e. The van der Waals surface area contributed by atoms with Crippen LogP contribution in [-0.4, -0.2) is 24.9 Å². The average molecular weight is 280 g/mol. The molecule has 8 heteroatoms. The molecule has 0 saturated heterocycles. The molecule has 0 aliphatic rings. The van der Waals surface area contributed by atoms with E-state index in [9.17, 15) is 31.1 Å². The van der Waals surface area contributed by atoms with E-state index in [4.69, 9.17) is 0 Å². The third kappa shape index (κ3) is 3.08. The van der Waals surface area contributed by atoms with E-state index in [1.54, 1.807) is 0 Å². The van der Waals surface area contributed by atoms with Crippen molar-refractivity contribution in [2.45, 2.75) is 39.5 Å². The summed E-state index contributed by atoms with van der Waals surface area (Å²) in [5, 5.41) is 0. The first kappa shape index (κ1) is 17.1. The third-order valence-electron chi connectivity index (χ3n) is 2.39. The summed E-state index contributed by atoms with van der Waals surface area (Å²) < 4.78 is 79.9. The van der Waals surface area contributed by atoms with Gasteiger partial charge in [0.05, 0.1) is 6.61 Å². The summed E-state index contributed by atoms with van der Waals surface area (Å²) in [5.41, 5.74) is -4.45. The zero-order valence-corrected chi connectivity index (χ0v) is 10.1. The first-order valence-corrected chi connectivity index (χ1v) is 5.20. The number of alkyl halides is 6. The van der Waals surface area contributed by atoms with Crippen molar-refractivity contribution < 1.29 is 35.9 Å². The van der Waals surface area contributed by atoms with E-state index < -0.39 is 36.8 Å². The molecule has 0 aliphatic heterocycles. The van der Waals surface area contributed by atoms with E-state index in [1.807, 2.05) is 0 Å².